The Hall–Kier alpha value is -0.340. The summed E-state index contributed by atoms with van der Waals surface area (Å²) in [5.41, 5.74) is 1.63. The van der Waals surface area contributed by atoms with Crippen LogP contribution < -0.4 is 0 Å². The largest absolute Gasteiger partial charge is 0.140 e. The van der Waals surface area contributed by atoms with Crippen molar-refractivity contribution in [1.82, 2.24) is 0 Å². The summed E-state index contributed by atoms with van der Waals surface area (Å²) in [5.74, 6) is 0. The summed E-state index contributed by atoms with van der Waals surface area (Å²) in [7, 11) is 0. The van der Waals surface area contributed by atoms with E-state index in [1.165, 1.54) is 46.7 Å². The maximum absolute atomic E-state index is 3.57. The Kier molecular flexibility index (Phi) is 2.57. The van der Waals surface area contributed by atoms with Gasteiger partial charge in [-0.1, -0.05) is 22.4 Å². The summed E-state index contributed by atoms with van der Waals surface area (Å²) in [6.07, 6.45) is 6.72. The Morgan fingerprint density at radius 2 is 1.93 bits per heavy atom. The van der Waals surface area contributed by atoms with Gasteiger partial charge in [-0.05, 0) is 54.8 Å². The van der Waals surface area contributed by atoms with Gasteiger partial charge in [0.2, 0.25) is 0 Å². The third kappa shape index (κ3) is 1.74. The zero-order valence-corrected chi connectivity index (χ0v) is 11.0. The normalized spacial score (nSPS) is 16.3. The molecule has 0 spiro atoms. The number of rotatable bonds is 0. The Balaban J connectivity index is 2.24. The lowest BCUT2D eigenvalue weighted by Crippen LogP contribution is -1.83. The molecule has 0 bridgehead atoms. The van der Waals surface area contributed by atoms with Crippen LogP contribution in [0.2, 0.25) is 0 Å². The SMILES string of the molecule is Brc1ccc2sc3c(c2c1)CCCCC3. The van der Waals surface area contributed by atoms with Crippen LogP contribution in [-0.4, -0.2) is 0 Å². The smallest absolute Gasteiger partial charge is 0.0349 e. The lowest BCUT2D eigenvalue weighted by molar-refractivity contribution is 0.713. The Morgan fingerprint density at radius 3 is 2.87 bits per heavy atom. The van der Waals surface area contributed by atoms with Gasteiger partial charge in [0.05, 0.1) is 0 Å². The highest BCUT2D eigenvalue weighted by molar-refractivity contribution is 9.10. The molecule has 15 heavy (non-hydrogen) atoms. The average molecular weight is 281 g/mol. The molecule has 3 rings (SSSR count). The molecular formula is C13H13BrS. The van der Waals surface area contributed by atoms with E-state index in [2.05, 4.69) is 34.1 Å². The molecule has 0 aliphatic heterocycles. The van der Waals surface area contributed by atoms with Gasteiger partial charge < -0.3 is 0 Å². The number of benzene rings is 1. The molecule has 0 saturated heterocycles. The third-order valence-corrected chi connectivity index (χ3v) is 4.93. The van der Waals surface area contributed by atoms with Crippen molar-refractivity contribution in [3.63, 3.8) is 0 Å². The van der Waals surface area contributed by atoms with Crippen LogP contribution in [0.1, 0.15) is 29.7 Å². The van der Waals surface area contributed by atoms with Crippen LogP contribution in [0.25, 0.3) is 10.1 Å². The molecule has 1 aromatic carbocycles. The van der Waals surface area contributed by atoms with Crippen molar-refractivity contribution < 1.29 is 0 Å². The summed E-state index contributed by atoms with van der Waals surface area (Å²) in [6.45, 7) is 0. The molecule has 1 aliphatic rings. The molecule has 0 radical (unpaired) electrons. The van der Waals surface area contributed by atoms with E-state index in [-0.39, 0.29) is 0 Å². The lowest BCUT2D eigenvalue weighted by Gasteiger charge is -1.98. The van der Waals surface area contributed by atoms with Crippen LogP contribution in [0.5, 0.6) is 0 Å². The fraction of sp³-hybridized carbons (Fsp3) is 0.385. The minimum Gasteiger partial charge on any atom is -0.140 e. The second kappa shape index (κ2) is 3.91. The van der Waals surface area contributed by atoms with E-state index in [1.54, 1.807) is 10.4 Å². The maximum atomic E-state index is 3.57. The van der Waals surface area contributed by atoms with Gasteiger partial charge in [0.25, 0.3) is 0 Å². The zero-order chi connectivity index (χ0) is 10.3. The fourth-order valence-corrected chi connectivity index (χ4v) is 4.05. The maximum Gasteiger partial charge on any atom is 0.0349 e. The fourth-order valence-electron chi connectivity index (χ4n) is 2.41. The first-order chi connectivity index (χ1) is 7.34. The highest BCUT2D eigenvalue weighted by Crippen LogP contribution is 2.36. The van der Waals surface area contributed by atoms with Crippen molar-refractivity contribution in [2.45, 2.75) is 32.1 Å². The van der Waals surface area contributed by atoms with Crippen molar-refractivity contribution in [1.29, 1.82) is 0 Å². The zero-order valence-electron chi connectivity index (χ0n) is 8.55. The van der Waals surface area contributed by atoms with E-state index >= 15 is 0 Å². The first-order valence-electron chi connectivity index (χ1n) is 5.54. The van der Waals surface area contributed by atoms with Gasteiger partial charge in [-0.2, -0.15) is 0 Å². The van der Waals surface area contributed by atoms with Gasteiger partial charge in [0.15, 0.2) is 0 Å². The van der Waals surface area contributed by atoms with E-state index in [0.29, 0.717) is 0 Å². The number of aryl methyl sites for hydroxylation is 2. The van der Waals surface area contributed by atoms with Crippen LogP contribution in [0, 0.1) is 0 Å². The highest BCUT2D eigenvalue weighted by Gasteiger charge is 2.14. The van der Waals surface area contributed by atoms with Crippen molar-refractivity contribution in [2.24, 2.45) is 0 Å². The molecule has 0 fully saturated rings. The molecule has 0 N–H and O–H groups in total. The van der Waals surface area contributed by atoms with Crippen molar-refractivity contribution >= 4 is 37.4 Å². The molecule has 1 heterocycles. The number of halogens is 1. The van der Waals surface area contributed by atoms with Gasteiger partial charge in [-0.25, -0.2) is 0 Å². The van der Waals surface area contributed by atoms with Crippen molar-refractivity contribution in [2.75, 3.05) is 0 Å². The average Bonchev–Trinajstić information content (AvgIpc) is 2.44. The van der Waals surface area contributed by atoms with Crippen LogP contribution >= 0.6 is 27.3 Å². The van der Waals surface area contributed by atoms with E-state index in [0.717, 1.165) is 0 Å². The molecule has 0 amide bonds. The lowest BCUT2D eigenvalue weighted by atomic mass is 10.1. The van der Waals surface area contributed by atoms with Crippen molar-refractivity contribution in [3.05, 3.63) is 33.1 Å². The van der Waals surface area contributed by atoms with Crippen LogP contribution in [-0.2, 0) is 12.8 Å². The predicted molar refractivity (Wildman–Crippen MR) is 70.8 cm³/mol. The molecular weight excluding hydrogens is 268 g/mol. The minimum atomic E-state index is 1.21. The number of fused-ring (bicyclic) bond motifs is 3. The van der Waals surface area contributed by atoms with E-state index < -0.39 is 0 Å². The standard InChI is InChI=1S/C13H13BrS/c14-9-6-7-13-11(8-9)10-4-2-1-3-5-12(10)15-13/h6-8H,1-5H2. The van der Waals surface area contributed by atoms with Crippen LogP contribution in [0.3, 0.4) is 0 Å². The first-order valence-corrected chi connectivity index (χ1v) is 7.15. The van der Waals surface area contributed by atoms with Crippen LogP contribution in [0.15, 0.2) is 22.7 Å². The van der Waals surface area contributed by atoms with Gasteiger partial charge >= 0.3 is 0 Å². The van der Waals surface area contributed by atoms with Gasteiger partial charge in [0.1, 0.15) is 0 Å². The first kappa shape index (κ1) is 9.86. The molecule has 1 aromatic heterocycles. The number of hydrogen-bond acceptors (Lipinski definition) is 1. The van der Waals surface area contributed by atoms with Gasteiger partial charge in [-0.3, -0.25) is 0 Å². The van der Waals surface area contributed by atoms with E-state index in [1.807, 2.05) is 11.3 Å². The second-order valence-electron chi connectivity index (χ2n) is 4.20. The van der Waals surface area contributed by atoms with Crippen LogP contribution in [0.4, 0.5) is 0 Å². The molecule has 78 valence electrons. The Morgan fingerprint density at radius 1 is 1.07 bits per heavy atom. The molecule has 0 nitrogen and oxygen atoms in total. The predicted octanol–water partition coefficient (Wildman–Crippen LogP) is 4.93. The number of thiophene rings is 1. The van der Waals surface area contributed by atoms with Gasteiger partial charge in [0, 0.05) is 14.0 Å². The summed E-state index contributed by atoms with van der Waals surface area (Å²) >= 11 is 5.57. The number of hydrogen-bond donors (Lipinski definition) is 0. The topological polar surface area (TPSA) is 0 Å². The van der Waals surface area contributed by atoms with Crippen molar-refractivity contribution in [3.8, 4) is 0 Å². The summed E-state index contributed by atoms with van der Waals surface area (Å²) in [6, 6.07) is 6.69. The molecule has 0 unspecified atom stereocenters. The van der Waals surface area contributed by atoms with Gasteiger partial charge in [-0.15, -0.1) is 11.3 Å². The second-order valence-corrected chi connectivity index (χ2v) is 6.26. The monoisotopic (exact) mass is 280 g/mol. The third-order valence-electron chi connectivity index (χ3n) is 3.17. The highest BCUT2D eigenvalue weighted by atomic mass is 79.9. The summed E-state index contributed by atoms with van der Waals surface area (Å²) in [5, 5.41) is 1.49. The molecule has 1 aliphatic carbocycles. The van der Waals surface area contributed by atoms with E-state index in [4.69, 9.17) is 0 Å². The quantitative estimate of drug-likeness (QED) is 0.600. The van der Waals surface area contributed by atoms with E-state index in [9.17, 15) is 0 Å². The summed E-state index contributed by atoms with van der Waals surface area (Å²) < 4.78 is 2.67. The Labute approximate surface area is 102 Å². The molecule has 0 atom stereocenters. The Bertz CT molecular complexity index is 498. The molecule has 0 saturated carbocycles. The molecule has 2 heteroatoms. The minimum absolute atomic E-state index is 1.21. The summed E-state index contributed by atoms with van der Waals surface area (Å²) in [4.78, 5) is 1.64. The molecule has 2 aromatic rings.